The molecule has 1 N–H and O–H groups in total. The summed E-state index contributed by atoms with van der Waals surface area (Å²) in [7, 11) is 2.94. The molecule has 1 aliphatic rings. The van der Waals surface area contributed by atoms with Crippen LogP contribution in [0.2, 0.25) is 0 Å². The number of methoxy groups -OCH3 is 2. The van der Waals surface area contributed by atoms with E-state index in [1.165, 1.54) is 7.11 Å². The Morgan fingerprint density at radius 3 is 2.57 bits per heavy atom. The molecule has 114 valence electrons. The number of piperidine rings is 1. The first kappa shape index (κ1) is 15.2. The summed E-state index contributed by atoms with van der Waals surface area (Å²) in [5.41, 5.74) is 0.574. The average molecular weight is 292 g/mol. The van der Waals surface area contributed by atoms with Gasteiger partial charge in [0, 0.05) is 24.7 Å². The Hall–Kier alpha value is -2.24. The number of carbonyl (C=O) groups is 2. The van der Waals surface area contributed by atoms with E-state index >= 15 is 0 Å². The van der Waals surface area contributed by atoms with Gasteiger partial charge < -0.3 is 19.7 Å². The van der Waals surface area contributed by atoms with Gasteiger partial charge in [0.2, 0.25) is 0 Å². The van der Waals surface area contributed by atoms with Gasteiger partial charge in [-0.15, -0.1) is 0 Å². The third-order valence-electron chi connectivity index (χ3n) is 3.59. The van der Waals surface area contributed by atoms with Crippen LogP contribution in [0.1, 0.15) is 23.2 Å². The van der Waals surface area contributed by atoms with E-state index in [1.807, 2.05) is 0 Å². The third kappa shape index (κ3) is 3.87. The van der Waals surface area contributed by atoms with Gasteiger partial charge in [-0.3, -0.25) is 4.79 Å². The van der Waals surface area contributed by atoms with Crippen molar-refractivity contribution < 1.29 is 19.1 Å². The largest absolute Gasteiger partial charge is 0.497 e. The predicted molar refractivity (Wildman–Crippen MR) is 77.5 cm³/mol. The lowest BCUT2D eigenvalue weighted by molar-refractivity contribution is 0.0892. The zero-order valence-corrected chi connectivity index (χ0v) is 12.3. The van der Waals surface area contributed by atoms with E-state index in [2.05, 4.69) is 10.1 Å². The highest BCUT2D eigenvalue weighted by molar-refractivity contribution is 5.94. The van der Waals surface area contributed by atoms with E-state index in [9.17, 15) is 9.59 Å². The van der Waals surface area contributed by atoms with Crippen LogP contribution in [0.3, 0.4) is 0 Å². The zero-order chi connectivity index (χ0) is 15.2. The first-order valence-electron chi connectivity index (χ1n) is 6.92. The molecule has 0 aliphatic carbocycles. The molecule has 0 saturated carbocycles. The smallest absolute Gasteiger partial charge is 0.409 e. The Morgan fingerprint density at radius 2 is 1.95 bits per heavy atom. The van der Waals surface area contributed by atoms with Crippen LogP contribution in [0.15, 0.2) is 24.3 Å². The molecule has 0 spiro atoms. The second-order valence-electron chi connectivity index (χ2n) is 4.94. The van der Waals surface area contributed by atoms with Crippen LogP contribution < -0.4 is 10.1 Å². The van der Waals surface area contributed by atoms with Crippen molar-refractivity contribution in [3.8, 4) is 5.75 Å². The molecule has 2 rings (SSSR count). The number of carbonyl (C=O) groups excluding carboxylic acids is 2. The maximum Gasteiger partial charge on any atom is 0.409 e. The molecule has 6 nitrogen and oxygen atoms in total. The molecule has 0 unspecified atom stereocenters. The van der Waals surface area contributed by atoms with Crippen LogP contribution in [0.25, 0.3) is 0 Å². The van der Waals surface area contributed by atoms with Gasteiger partial charge in [0.05, 0.1) is 14.2 Å². The van der Waals surface area contributed by atoms with E-state index < -0.39 is 0 Å². The lowest BCUT2D eigenvalue weighted by atomic mass is 10.0. The van der Waals surface area contributed by atoms with Crippen LogP contribution in [0, 0.1) is 0 Å². The summed E-state index contributed by atoms with van der Waals surface area (Å²) in [5, 5.41) is 2.99. The molecule has 0 bridgehead atoms. The fourth-order valence-electron chi connectivity index (χ4n) is 2.37. The number of hydrogen-bond acceptors (Lipinski definition) is 4. The molecule has 1 fully saturated rings. The predicted octanol–water partition coefficient (Wildman–Crippen LogP) is 1.66. The van der Waals surface area contributed by atoms with Crippen molar-refractivity contribution in [2.24, 2.45) is 0 Å². The van der Waals surface area contributed by atoms with Crippen LogP contribution in [0.5, 0.6) is 5.75 Å². The highest BCUT2D eigenvalue weighted by Crippen LogP contribution is 2.15. The molecule has 0 radical (unpaired) electrons. The van der Waals surface area contributed by atoms with Crippen LogP contribution >= 0.6 is 0 Å². The van der Waals surface area contributed by atoms with Crippen LogP contribution in [0.4, 0.5) is 4.79 Å². The number of nitrogens with zero attached hydrogens (tertiary/aromatic N) is 1. The summed E-state index contributed by atoms with van der Waals surface area (Å²) in [6.45, 7) is 1.19. The monoisotopic (exact) mass is 292 g/mol. The van der Waals surface area contributed by atoms with Crippen molar-refractivity contribution in [1.82, 2.24) is 10.2 Å². The SMILES string of the molecule is COC(=O)N1CCC(NC(=O)c2cccc(OC)c2)CC1. The first-order valence-corrected chi connectivity index (χ1v) is 6.92. The number of benzene rings is 1. The molecule has 6 heteroatoms. The van der Waals surface area contributed by atoms with Gasteiger partial charge in [-0.25, -0.2) is 4.79 Å². The second kappa shape index (κ2) is 6.97. The Labute approximate surface area is 124 Å². The summed E-state index contributed by atoms with van der Waals surface area (Å²) in [4.78, 5) is 25.2. The van der Waals surface area contributed by atoms with Crippen molar-refractivity contribution >= 4 is 12.0 Å². The fraction of sp³-hybridized carbons (Fsp3) is 0.467. The maximum atomic E-state index is 12.2. The molecule has 1 aromatic rings. The minimum atomic E-state index is -0.312. The summed E-state index contributed by atoms with van der Waals surface area (Å²) < 4.78 is 9.80. The molecule has 0 aromatic heterocycles. The summed E-state index contributed by atoms with van der Waals surface area (Å²) >= 11 is 0. The van der Waals surface area contributed by atoms with Crippen LogP contribution in [-0.4, -0.2) is 50.3 Å². The van der Waals surface area contributed by atoms with Crippen molar-refractivity contribution in [3.63, 3.8) is 0 Å². The van der Waals surface area contributed by atoms with Gasteiger partial charge in [-0.05, 0) is 31.0 Å². The topological polar surface area (TPSA) is 67.9 Å². The van der Waals surface area contributed by atoms with Crippen LogP contribution in [-0.2, 0) is 4.74 Å². The van der Waals surface area contributed by atoms with Gasteiger partial charge in [-0.2, -0.15) is 0 Å². The lowest BCUT2D eigenvalue weighted by Gasteiger charge is -2.31. The van der Waals surface area contributed by atoms with E-state index in [4.69, 9.17) is 4.74 Å². The molecule has 1 saturated heterocycles. The Bertz CT molecular complexity index is 510. The molecule has 1 heterocycles. The lowest BCUT2D eigenvalue weighted by Crippen LogP contribution is -2.46. The van der Waals surface area contributed by atoms with Crippen molar-refractivity contribution in [2.75, 3.05) is 27.3 Å². The van der Waals surface area contributed by atoms with Gasteiger partial charge in [0.1, 0.15) is 5.75 Å². The number of amides is 2. The number of likely N-dealkylation sites (tertiary alicyclic amines) is 1. The van der Waals surface area contributed by atoms with E-state index in [-0.39, 0.29) is 18.0 Å². The minimum absolute atomic E-state index is 0.0737. The van der Waals surface area contributed by atoms with Crippen molar-refractivity contribution in [3.05, 3.63) is 29.8 Å². The highest BCUT2D eigenvalue weighted by Gasteiger charge is 2.24. The first-order chi connectivity index (χ1) is 10.1. The fourth-order valence-corrected chi connectivity index (χ4v) is 2.37. The molecular formula is C15H20N2O4. The number of ether oxygens (including phenoxy) is 2. The molecular weight excluding hydrogens is 272 g/mol. The normalized spacial score (nSPS) is 15.4. The minimum Gasteiger partial charge on any atom is -0.497 e. The van der Waals surface area contributed by atoms with E-state index in [1.54, 1.807) is 36.3 Å². The Kier molecular flexibility index (Phi) is 5.03. The quantitative estimate of drug-likeness (QED) is 0.920. The molecule has 1 aliphatic heterocycles. The standard InChI is InChI=1S/C15H20N2O4/c1-20-13-5-3-4-11(10-13)14(18)16-12-6-8-17(9-7-12)15(19)21-2/h3-5,10,12H,6-9H2,1-2H3,(H,16,18). The summed E-state index contributed by atoms with van der Waals surface area (Å²) in [6, 6.07) is 7.11. The van der Waals surface area contributed by atoms with Gasteiger partial charge >= 0.3 is 6.09 Å². The maximum absolute atomic E-state index is 12.2. The van der Waals surface area contributed by atoms with Crippen molar-refractivity contribution in [1.29, 1.82) is 0 Å². The average Bonchev–Trinajstić information content (AvgIpc) is 2.54. The van der Waals surface area contributed by atoms with Gasteiger partial charge in [0.25, 0.3) is 5.91 Å². The Morgan fingerprint density at radius 1 is 1.24 bits per heavy atom. The molecule has 2 amide bonds. The third-order valence-corrected chi connectivity index (χ3v) is 3.59. The van der Waals surface area contributed by atoms with E-state index in [0.717, 1.165) is 12.8 Å². The van der Waals surface area contributed by atoms with Gasteiger partial charge in [-0.1, -0.05) is 6.07 Å². The van der Waals surface area contributed by atoms with E-state index in [0.29, 0.717) is 24.4 Å². The number of nitrogens with one attached hydrogen (secondary N) is 1. The second-order valence-corrected chi connectivity index (χ2v) is 4.94. The van der Waals surface area contributed by atoms with Gasteiger partial charge in [0.15, 0.2) is 0 Å². The number of rotatable bonds is 3. The molecule has 1 aromatic carbocycles. The summed E-state index contributed by atoms with van der Waals surface area (Å²) in [5.74, 6) is 0.536. The number of hydrogen-bond donors (Lipinski definition) is 1. The highest BCUT2D eigenvalue weighted by atomic mass is 16.5. The Balaban J connectivity index is 1.88. The summed E-state index contributed by atoms with van der Waals surface area (Å²) in [6.07, 6.45) is 1.14. The zero-order valence-electron chi connectivity index (χ0n) is 12.3. The molecule has 0 atom stereocenters. The molecule has 21 heavy (non-hydrogen) atoms. The van der Waals surface area contributed by atoms with Crippen molar-refractivity contribution in [2.45, 2.75) is 18.9 Å².